The summed E-state index contributed by atoms with van der Waals surface area (Å²) in [6.07, 6.45) is 4.19. The van der Waals surface area contributed by atoms with Crippen molar-refractivity contribution in [1.82, 2.24) is 15.5 Å². The van der Waals surface area contributed by atoms with E-state index in [1.165, 1.54) is 12.8 Å². The highest BCUT2D eigenvalue weighted by Crippen LogP contribution is 2.32. The summed E-state index contributed by atoms with van der Waals surface area (Å²) in [6, 6.07) is 5.54. The molecule has 5 nitrogen and oxygen atoms in total. The van der Waals surface area contributed by atoms with Crippen molar-refractivity contribution in [2.75, 3.05) is 11.9 Å². The second-order valence-corrected chi connectivity index (χ2v) is 5.45. The zero-order valence-electron chi connectivity index (χ0n) is 10.9. The number of carbonyl (C=O) groups is 1. The Kier molecular flexibility index (Phi) is 3.11. The lowest BCUT2D eigenvalue weighted by Gasteiger charge is -2.32. The number of aromatic nitrogens is 2. The molecule has 3 rings (SSSR count). The molecule has 19 heavy (non-hydrogen) atoms. The van der Waals surface area contributed by atoms with E-state index in [1.54, 1.807) is 6.20 Å². The summed E-state index contributed by atoms with van der Waals surface area (Å²) in [5, 5.41) is 13.6. The van der Waals surface area contributed by atoms with Gasteiger partial charge in [0.15, 0.2) is 0 Å². The maximum Gasteiger partial charge on any atom is 0.319 e. The minimum Gasteiger partial charge on any atom is -0.338 e. The van der Waals surface area contributed by atoms with E-state index in [9.17, 15) is 4.79 Å². The largest absolute Gasteiger partial charge is 0.338 e. The number of H-pyrrole nitrogens is 1. The number of urea groups is 1. The lowest BCUT2D eigenvalue weighted by Crippen LogP contribution is -2.37. The van der Waals surface area contributed by atoms with Crippen LogP contribution in [-0.4, -0.2) is 22.8 Å². The molecule has 0 bridgehead atoms. The molecule has 3 N–H and O–H groups in total. The van der Waals surface area contributed by atoms with Gasteiger partial charge in [-0.2, -0.15) is 5.10 Å². The number of benzene rings is 1. The Bertz CT molecular complexity index is 586. The highest BCUT2D eigenvalue weighted by atomic mass is 16.2. The van der Waals surface area contributed by atoms with E-state index in [1.807, 2.05) is 18.2 Å². The number of aromatic amines is 1. The van der Waals surface area contributed by atoms with Crippen molar-refractivity contribution in [1.29, 1.82) is 0 Å². The molecule has 0 aliphatic heterocycles. The first-order chi connectivity index (χ1) is 9.20. The lowest BCUT2D eigenvalue weighted by atomic mass is 9.76. The van der Waals surface area contributed by atoms with Gasteiger partial charge in [-0.1, -0.05) is 6.92 Å². The highest BCUT2D eigenvalue weighted by molar-refractivity contribution is 5.92. The second kappa shape index (κ2) is 4.91. The third-order valence-electron chi connectivity index (χ3n) is 3.72. The van der Waals surface area contributed by atoms with Gasteiger partial charge >= 0.3 is 6.03 Å². The molecular formula is C14H18N4O. The van der Waals surface area contributed by atoms with Crippen molar-refractivity contribution in [2.45, 2.75) is 19.8 Å². The summed E-state index contributed by atoms with van der Waals surface area (Å²) in [5.41, 5.74) is 1.75. The Labute approximate surface area is 111 Å². The summed E-state index contributed by atoms with van der Waals surface area (Å²) in [5.74, 6) is 1.47. The summed E-state index contributed by atoms with van der Waals surface area (Å²) >= 11 is 0. The number of carbonyl (C=O) groups excluding carboxylic acids is 1. The van der Waals surface area contributed by atoms with Crippen LogP contribution in [-0.2, 0) is 0 Å². The molecule has 2 aromatic rings. The van der Waals surface area contributed by atoms with E-state index in [0.717, 1.165) is 29.1 Å². The normalized spacial score (nSPS) is 21.9. The van der Waals surface area contributed by atoms with Crippen LogP contribution in [0.2, 0.25) is 0 Å². The van der Waals surface area contributed by atoms with Crippen LogP contribution < -0.4 is 10.6 Å². The standard InChI is InChI=1S/C14H18N4O/c1-9-4-10(5-9)7-15-14(19)17-12-2-3-13-11(6-12)8-16-18-13/h2-3,6,8-10H,4-5,7H2,1H3,(H,16,18)(H2,15,17,19). The van der Waals surface area contributed by atoms with Crippen molar-refractivity contribution < 1.29 is 4.79 Å². The number of fused-ring (bicyclic) bond motifs is 1. The topological polar surface area (TPSA) is 69.8 Å². The molecule has 1 aliphatic carbocycles. The predicted molar refractivity (Wildman–Crippen MR) is 75.0 cm³/mol. The Morgan fingerprint density at radius 3 is 3.11 bits per heavy atom. The van der Waals surface area contributed by atoms with E-state index in [0.29, 0.717) is 5.92 Å². The van der Waals surface area contributed by atoms with Gasteiger partial charge in [0, 0.05) is 17.6 Å². The van der Waals surface area contributed by atoms with Crippen molar-refractivity contribution in [3.05, 3.63) is 24.4 Å². The Morgan fingerprint density at radius 2 is 2.32 bits per heavy atom. The number of hydrogen-bond acceptors (Lipinski definition) is 2. The highest BCUT2D eigenvalue weighted by Gasteiger charge is 2.25. The fourth-order valence-electron chi connectivity index (χ4n) is 2.67. The first kappa shape index (κ1) is 12.0. The molecule has 0 spiro atoms. The molecule has 100 valence electrons. The van der Waals surface area contributed by atoms with Gasteiger partial charge in [-0.05, 0) is 42.9 Å². The Morgan fingerprint density at radius 1 is 1.47 bits per heavy atom. The van der Waals surface area contributed by atoms with Crippen LogP contribution >= 0.6 is 0 Å². The first-order valence-corrected chi connectivity index (χ1v) is 6.68. The van der Waals surface area contributed by atoms with Crippen molar-refractivity contribution in [3.8, 4) is 0 Å². The van der Waals surface area contributed by atoms with E-state index in [-0.39, 0.29) is 6.03 Å². The molecule has 1 fully saturated rings. The maximum absolute atomic E-state index is 11.8. The lowest BCUT2D eigenvalue weighted by molar-refractivity contribution is 0.203. The summed E-state index contributed by atoms with van der Waals surface area (Å²) in [4.78, 5) is 11.8. The van der Waals surface area contributed by atoms with Crippen molar-refractivity contribution >= 4 is 22.6 Å². The fraction of sp³-hybridized carbons (Fsp3) is 0.429. The molecule has 1 saturated carbocycles. The smallest absolute Gasteiger partial charge is 0.319 e. The average Bonchev–Trinajstić information content (AvgIpc) is 2.80. The third kappa shape index (κ3) is 2.70. The first-order valence-electron chi connectivity index (χ1n) is 6.68. The number of hydrogen-bond donors (Lipinski definition) is 3. The average molecular weight is 258 g/mol. The minimum atomic E-state index is -0.137. The van der Waals surface area contributed by atoms with Crippen LogP contribution in [0.5, 0.6) is 0 Å². The van der Waals surface area contributed by atoms with Crippen molar-refractivity contribution in [2.24, 2.45) is 11.8 Å². The number of nitrogens with one attached hydrogen (secondary N) is 3. The van der Waals surface area contributed by atoms with Gasteiger partial charge in [0.2, 0.25) is 0 Å². The van der Waals surface area contributed by atoms with Gasteiger partial charge < -0.3 is 10.6 Å². The number of nitrogens with zero attached hydrogens (tertiary/aromatic N) is 1. The van der Waals surface area contributed by atoms with Crippen LogP contribution in [0.15, 0.2) is 24.4 Å². The third-order valence-corrected chi connectivity index (χ3v) is 3.72. The van der Waals surface area contributed by atoms with E-state index >= 15 is 0 Å². The number of anilines is 1. The SMILES string of the molecule is CC1CC(CNC(=O)Nc2ccc3[nH]ncc3c2)C1. The number of rotatable bonds is 3. The van der Waals surface area contributed by atoms with Gasteiger partial charge in [-0.25, -0.2) is 4.79 Å². The van der Waals surface area contributed by atoms with Crippen LogP contribution in [0.25, 0.3) is 10.9 Å². The molecule has 0 saturated heterocycles. The van der Waals surface area contributed by atoms with Crippen LogP contribution in [0.4, 0.5) is 10.5 Å². The number of amides is 2. The molecule has 0 unspecified atom stereocenters. The van der Waals surface area contributed by atoms with Crippen molar-refractivity contribution in [3.63, 3.8) is 0 Å². The molecule has 1 heterocycles. The maximum atomic E-state index is 11.8. The molecule has 1 aromatic carbocycles. The van der Waals surface area contributed by atoms with E-state index < -0.39 is 0 Å². The molecular weight excluding hydrogens is 240 g/mol. The molecule has 0 radical (unpaired) electrons. The molecule has 2 amide bonds. The van der Waals surface area contributed by atoms with E-state index in [4.69, 9.17) is 0 Å². The Hall–Kier alpha value is -2.04. The van der Waals surface area contributed by atoms with Gasteiger partial charge in [0.1, 0.15) is 0 Å². The Balaban J connectivity index is 1.53. The zero-order valence-corrected chi connectivity index (χ0v) is 10.9. The predicted octanol–water partition coefficient (Wildman–Crippen LogP) is 2.73. The monoisotopic (exact) mass is 258 g/mol. The molecule has 5 heteroatoms. The van der Waals surface area contributed by atoms with Gasteiger partial charge in [-0.3, -0.25) is 5.10 Å². The summed E-state index contributed by atoms with van der Waals surface area (Å²) in [7, 11) is 0. The van der Waals surface area contributed by atoms with Gasteiger partial charge in [0.05, 0.1) is 11.7 Å². The summed E-state index contributed by atoms with van der Waals surface area (Å²) < 4.78 is 0. The van der Waals surface area contributed by atoms with Crippen LogP contribution in [0, 0.1) is 11.8 Å². The fourth-order valence-corrected chi connectivity index (χ4v) is 2.67. The molecule has 1 aliphatic rings. The molecule has 0 atom stereocenters. The second-order valence-electron chi connectivity index (χ2n) is 5.45. The van der Waals surface area contributed by atoms with Crippen LogP contribution in [0.3, 0.4) is 0 Å². The van der Waals surface area contributed by atoms with Gasteiger partial charge in [0.25, 0.3) is 0 Å². The van der Waals surface area contributed by atoms with Crippen LogP contribution in [0.1, 0.15) is 19.8 Å². The van der Waals surface area contributed by atoms with Gasteiger partial charge in [-0.15, -0.1) is 0 Å². The molecule has 1 aromatic heterocycles. The minimum absolute atomic E-state index is 0.137. The zero-order chi connectivity index (χ0) is 13.2. The quantitative estimate of drug-likeness (QED) is 0.792. The summed E-state index contributed by atoms with van der Waals surface area (Å²) in [6.45, 7) is 3.01. The van der Waals surface area contributed by atoms with E-state index in [2.05, 4.69) is 27.8 Å².